The second kappa shape index (κ2) is 12.6. The maximum Gasteiger partial charge on any atom is 0.264 e. The molecule has 4 aromatic rings. The molecule has 0 aliphatic rings. The van der Waals surface area contributed by atoms with Gasteiger partial charge in [0.2, 0.25) is 0 Å². The van der Waals surface area contributed by atoms with E-state index in [-0.39, 0.29) is 4.90 Å². The quantitative estimate of drug-likeness (QED) is 0.175. The van der Waals surface area contributed by atoms with Crippen LogP contribution in [-0.4, -0.2) is 38.3 Å². The number of hydrazone groups is 1. The molecule has 4 rings (SSSR count). The molecule has 0 radical (unpaired) electrons. The van der Waals surface area contributed by atoms with Crippen molar-refractivity contribution in [2.45, 2.75) is 25.7 Å². The van der Waals surface area contributed by atoms with E-state index in [9.17, 15) is 13.2 Å². The highest BCUT2D eigenvalue weighted by Crippen LogP contribution is 2.31. The summed E-state index contributed by atoms with van der Waals surface area (Å²) in [5.41, 5.74) is 5.96. The van der Waals surface area contributed by atoms with E-state index in [2.05, 4.69) is 10.5 Å². The van der Waals surface area contributed by atoms with Gasteiger partial charge in [0.1, 0.15) is 12.3 Å². The number of hydrogen-bond donors (Lipinski definition) is 1. The number of anilines is 1. The van der Waals surface area contributed by atoms with Crippen molar-refractivity contribution >= 4 is 51.0 Å². The van der Waals surface area contributed by atoms with Crippen molar-refractivity contribution in [2.75, 3.05) is 17.5 Å². The van der Waals surface area contributed by atoms with E-state index in [1.165, 1.54) is 18.3 Å². The first-order chi connectivity index (χ1) is 19.1. The first kappa shape index (κ1) is 29.2. The maximum atomic E-state index is 13.5. The first-order valence-electron chi connectivity index (χ1n) is 12.4. The molecule has 40 heavy (non-hydrogen) atoms. The van der Waals surface area contributed by atoms with E-state index in [0.717, 1.165) is 26.9 Å². The zero-order valence-corrected chi connectivity index (χ0v) is 24.5. The number of nitrogens with zero attached hydrogens (tertiary/aromatic N) is 3. The summed E-state index contributed by atoms with van der Waals surface area (Å²) in [6.07, 6.45) is 1.50. The number of sulfonamides is 1. The molecule has 0 aliphatic carbocycles. The zero-order chi connectivity index (χ0) is 28.9. The lowest BCUT2D eigenvalue weighted by Gasteiger charge is -2.24. The third kappa shape index (κ3) is 6.33. The van der Waals surface area contributed by atoms with E-state index >= 15 is 0 Å². The minimum atomic E-state index is -4.05. The number of halogens is 2. The normalized spacial score (nSPS) is 11.5. The van der Waals surface area contributed by atoms with E-state index < -0.39 is 22.5 Å². The van der Waals surface area contributed by atoms with Gasteiger partial charge in [-0.1, -0.05) is 47.5 Å². The molecule has 0 fully saturated rings. The standard InChI is InChI=1S/C29H28Cl2N4O4S/c1-4-39-24-15-13-23(14-16-24)34(40(37,38)25-9-6-5-7-10-25)19-28(36)33-32-18-22-17-20(2)35(21(22)3)27-12-8-11-26(30)29(27)31/h5-18H,4,19H2,1-3H3,(H,33,36)/b32-18+. The first-order valence-corrected chi connectivity index (χ1v) is 14.6. The van der Waals surface area contributed by atoms with Crippen molar-refractivity contribution in [3.05, 3.63) is 106 Å². The van der Waals surface area contributed by atoms with Gasteiger partial charge in [0.25, 0.3) is 15.9 Å². The predicted octanol–water partition coefficient (Wildman–Crippen LogP) is 6.15. The highest BCUT2D eigenvalue weighted by molar-refractivity contribution is 7.92. The van der Waals surface area contributed by atoms with Crippen molar-refractivity contribution in [2.24, 2.45) is 5.10 Å². The van der Waals surface area contributed by atoms with Crippen LogP contribution in [0.2, 0.25) is 10.0 Å². The molecule has 11 heteroatoms. The fourth-order valence-electron chi connectivity index (χ4n) is 4.20. The summed E-state index contributed by atoms with van der Waals surface area (Å²) in [6, 6.07) is 21.7. The molecule has 0 saturated heterocycles. The average molecular weight is 600 g/mol. The number of ether oxygens (including phenoxy) is 1. The molecule has 1 heterocycles. The topological polar surface area (TPSA) is 93.0 Å². The fraction of sp³-hybridized carbons (Fsp3) is 0.172. The van der Waals surface area contributed by atoms with Crippen LogP contribution in [0.25, 0.3) is 5.69 Å². The van der Waals surface area contributed by atoms with Gasteiger partial charge >= 0.3 is 0 Å². The number of aromatic nitrogens is 1. The summed E-state index contributed by atoms with van der Waals surface area (Å²) < 4.78 is 35.4. The van der Waals surface area contributed by atoms with Crippen LogP contribution in [0.5, 0.6) is 5.75 Å². The monoisotopic (exact) mass is 598 g/mol. The number of rotatable bonds is 10. The lowest BCUT2D eigenvalue weighted by atomic mass is 10.2. The van der Waals surface area contributed by atoms with E-state index in [0.29, 0.717) is 28.1 Å². The lowest BCUT2D eigenvalue weighted by Crippen LogP contribution is -2.39. The van der Waals surface area contributed by atoms with Crippen molar-refractivity contribution < 1.29 is 17.9 Å². The van der Waals surface area contributed by atoms with Crippen molar-refractivity contribution in [3.63, 3.8) is 0 Å². The minimum Gasteiger partial charge on any atom is -0.494 e. The third-order valence-electron chi connectivity index (χ3n) is 6.09. The van der Waals surface area contributed by atoms with Crippen LogP contribution in [0.1, 0.15) is 23.9 Å². The second-order valence-electron chi connectivity index (χ2n) is 8.78. The van der Waals surface area contributed by atoms with E-state index in [4.69, 9.17) is 27.9 Å². The van der Waals surface area contributed by atoms with Crippen molar-refractivity contribution in [1.29, 1.82) is 0 Å². The number of carbonyl (C=O) groups is 1. The Morgan fingerprint density at radius 1 is 1.02 bits per heavy atom. The van der Waals surface area contributed by atoms with Crippen molar-refractivity contribution in [1.82, 2.24) is 9.99 Å². The van der Waals surface area contributed by atoms with Gasteiger partial charge in [-0.15, -0.1) is 0 Å². The molecular weight excluding hydrogens is 571 g/mol. The summed E-state index contributed by atoms with van der Waals surface area (Å²) >= 11 is 12.6. The smallest absolute Gasteiger partial charge is 0.264 e. The summed E-state index contributed by atoms with van der Waals surface area (Å²) in [4.78, 5) is 13.0. The van der Waals surface area contributed by atoms with Gasteiger partial charge < -0.3 is 9.30 Å². The predicted molar refractivity (Wildman–Crippen MR) is 160 cm³/mol. The van der Waals surface area contributed by atoms with Crippen LogP contribution in [-0.2, 0) is 14.8 Å². The zero-order valence-electron chi connectivity index (χ0n) is 22.1. The molecule has 208 valence electrons. The number of aryl methyl sites for hydroxylation is 1. The molecule has 1 aromatic heterocycles. The van der Waals surface area contributed by atoms with Crippen molar-refractivity contribution in [3.8, 4) is 11.4 Å². The summed E-state index contributed by atoms with van der Waals surface area (Å²) in [5.74, 6) is -0.0228. The Kier molecular flexibility index (Phi) is 9.19. The second-order valence-corrected chi connectivity index (χ2v) is 11.4. The Labute approximate surface area is 243 Å². The van der Waals surface area contributed by atoms with Crippen LogP contribution >= 0.6 is 23.2 Å². The van der Waals surface area contributed by atoms with Gasteiger partial charge in [-0.05, 0) is 75.4 Å². The number of nitrogens with one attached hydrogen (secondary N) is 1. The molecule has 0 saturated carbocycles. The maximum absolute atomic E-state index is 13.5. The Bertz CT molecular complexity index is 1640. The molecule has 1 N–H and O–H groups in total. The van der Waals surface area contributed by atoms with Gasteiger partial charge in [0, 0.05) is 17.0 Å². The van der Waals surface area contributed by atoms with E-state index in [1.54, 1.807) is 48.5 Å². The Morgan fingerprint density at radius 3 is 2.40 bits per heavy atom. The third-order valence-corrected chi connectivity index (χ3v) is 8.69. The summed E-state index contributed by atoms with van der Waals surface area (Å²) in [5, 5.41) is 4.96. The Morgan fingerprint density at radius 2 is 1.73 bits per heavy atom. The fourth-order valence-corrected chi connectivity index (χ4v) is 6.03. The molecular formula is C29H28Cl2N4O4S. The molecule has 3 aromatic carbocycles. The largest absolute Gasteiger partial charge is 0.494 e. The molecule has 1 amide bonds. The van der Waals surface area contributed by atoms with Gasteiger partial charge in [-0.2, -0.15) is 5.10 Å². The Balaban J connectivity index is 1.56. The molecule has 0 unspecified atom stereocenters. The summed E-state index contributed by atoms with van der Waals surface area (Å²) in [6.45, 7) is 5.66. The van der Waals surface area contributed by atoms with Gasteiger partial charge in [-0.3, -0.25) is 9.10 Å². The van der Waals surface area contributed by atoms with E-state index in [1.807, 2.05) is 43.5 Å². The minimum absolute atomic E-state index is 0.0623. The number of benzene rings is 3. The molecule has 0 atom stereocenters. The van der Waals surface area contributed by atoms with Crippen LogP contribution < -0.4 is 14.5 Å². The summed E-state index contributed by atoms with van der Waals surface area (Å²) in [7, 11) is -4.05. The van der Waals surface area contributed by atoms with Gasteiger partial charge in [-0.25, -0.2) is 13.8 Å². The highest BCUT2D eigenvalue weighted by atomic mass is 35.5. The van der Waals surface area contributed by atoms with Crippen LogP contribution in [0, 0.1) is 13.8 Å². The van der Waals surface area contributed by atoms with Crippen LogP contribution in [0.15, 0.2) is 88.9 Å². The van der Waals surface area contributed by atoms with Gasteiger partial charge in [0.15, 0.2) is 0 Å². The van der Waals surface area contributed by atoms with Gasteiger partial charge in [0.05, 0.1) is 39.1 Å². The SMILES string of the molecule is CCOc1ccc(N(CC(=O)N/N=C/c2cc(C)n(-c3cccc(Cl)c3Cl)c2C)S(=O)(=O)c2ccccc2)cc1. The Hall–Kier alpha value is -3.79. The number of carbonyl (C=O) groups excluding carboxylic acids is 1. The molecule has 8 nitrogen and oxygen atoms in total. The molecule has 0 aliphatic heterocycles. The highest BCUT2D eigenvalue weighted by Gasteiger charge is 2.27. The van der Waals surface area contributed by atoms with Crippen LogP contribution in [0.3, 0.4) is 0 Å². The molecule has 0 spiro atoms. The van der Waals surface area contributed by atoms with Crippen LogP contribution in [0.4, 0.5) is 5.69 Å². The average Bonchev–Trinajstić information content (AvgIpc) is 3.22. The lowest BCUT2D eigenvalue weighted by molar-refractivity contribution is -0.119. The molecule has 0 bridgehead atoms. The number of hydrogen-bond acceptors (Lipinski definition) is 5. The number of amides is 1.